The van der Waals surface area contributed by atoms with Crippen molar-refractivity contribution in [2.45, 2.75) is 0 Å². The van der Waals surface area contributed by atoms with E-state index in [4.69, 9.17) is 0 Å². The number of rotatable bonds is 0. The molecule has 1 aromatic carbocycles. The van der Waals surface area contributed by atoms with Gasteiger partial charge in [-0.15, -0.1) is 0 Å². The molecule has 0 saturated heterocycles. The molecule has 0 atom stereocenters. The molecule has 1 aromatic rings. The number of hydrogen-bond donors (Lipinski definition) is 0. The summed E-state index contributed by atoms with van der Waals surface area (Å²) < 4.78 is 129. The zero-order valence-corrected chi connectivity index (χ0v) is 10.0. The summed E-state index contributed by atoms with van der Waals surface area (Å²) in [5.74, 6) is -0.178. The van der Waals surface area contributed by atoms with Crippen LogP contribution < -0.4 is 0 Å². The van der Waals surface area contributed by atoms with Gasteiger partial charge in [-0.2, -0.15) is 0 Å². The maximum atomic E-state index is 11.9. The largest absolute Gasteiger partial charge is 0.673 e. The maximum Gasteiger partial charge on any atom is 0.673 e. The van der Waals surface area contributed by atoms with Gasteiger partial charge in [-0.3, -0.25) is 0 Å². The minimum atomic E-state index is -6.00. The van der Waals surface area contributed by atoms with E-state index < -0.39 is 21.8 Å². The van der Waals surface area contributed by atoms with Gasteiger partial charge in [0.15, 0.2) is 0 Å². The van der Waals surface area contributed by atoms with E-state index in [-0.39, 0.29) is 5.82 Å². The van der Waals surface area contributed by atoms with Gasteiger partial charge in [0.05, 0.1) is 0 Å². The molecule has 0 spiro atoms. The quantitative estimate of drug-likeness (QED) is 0.412. The Morgan fingerprint density at radius 2 is 0.636 bits per heavy atom. The fourth-order valence-corrected chi connectivity index (χ4v) is 0.415. The number of halogens is 13. The van der Waals surface area contributed by atoms with Crippen molar-refractivity contribution < 1.29 is 56.2 Å². The van der Waals surface area contributed by atoms with E-state index in [9.17, 15) is 56.2 Å². The summed E-state index contributed by atoms with van der Waals surface area (Å²) in [6, 6.07) is 7.94. The average Bonchev–Trinajstić information content (AvgIpc) is 2.09. The van der Waals surface area contributed by atoms with Gasteiger partial charge >= 0.3 is 21.8 Å². The Labute approximate surface area is 115 Å². The molecule has 0 bridgehead atoms. The van der Waals surface area contributed by atoms with E-state index >= 15 is 0 Å². The lowest BCUT2D eigenvalue weighted by atomic mass is 10.3. The summed E-state index contributed by atoms with van der Waals surface area (Å²) in [7, 11) is -18.0. The van der Waals surface area contributed by atoms with Gasteiger partial charge in [-0.1, -0.05) is 18.2 Å². The molecule has 0 radical (unpaired) electrons. The Hall–Kier alpha value is -1.50. The molecule has 132 valence electrons. The molecule has 0 aliphatic carbocycles. The first-order chi connectivity index (χ1) is 9.39. The first kappa shape index (κ1) is 25.5. The molecule has 0 amide bonds. The fourth-order valence-electron chi connectivity index (χ4n) is 0.415. The summed E-state index contributed by atoms with van der Waals surface area (Å²) in [5, 5.41) is 0. The lowest BCUT2D eigenvalue weighted by Crippen LogP contribution is -2.02. The third-order valence-corrected chi connectivity index (χ3v) is 0.733. The van der Waals surface area contributed by atoms with Gasteiger partial charge in [-0.25, -0.2) is 4.39 Å². The zero-order chi connectivity index (χ0) is 18.6. The van der Waals surface area contributed by atoms with Crippen LogP contribution in [0.4, 0.5) is 56.2 Å². The van der Waals surface area contributed by atoms with Gasteiger partial charge in [-0.05, 0) is 12.1 Å². The Morgan fingerprint density at radius 1 is 0.455 bits per heavy atom. The second-order valence-corrected chi connectivity index (χ2v) is 2.78. The van der Waals surface area contributed by atoms with Crippen LogP contribution in [0.5, 0.6) is 0 Å². The lowest BCUT2D eigenvalue weighted by Gasteiger charge is -1.94. The van der Waals surface area contributed by atoms with E-state index in [0.717, 1.165) is 0 Å². The second-order valence-electron chi connectivity index (χ2n) is 2.78. The normalized spacial score (nSPS) is 11.0. The highest BCUT2D eigenvalue weighted by Crippen LogP contribution is 2.07. The first-order valence-electron chi connectivity index (χ1n) is 4.72. The van der Waals surface area contributed by atoms with Gasteiger partial charge in [0, 0.05) is 0 Å². The summed E-state index contributed by atoms with van der Waals surface area (Å²) in [6.07, 6.45) is 0. The lowest BCUT2D eigenvalue weighted by molar-refractivity contribution is 0.366. The molecule has 0 unspecified atom stereocenters. The summed E-state index contributed by atoms with van der Waals surface area (Å²) in [6.45, 7) is 0. The highest BCUT2D eigenvalue weighted by Gasteiger charge is 2.21. The van der Waals surface area contributed by atoms with Crippen LogP contribution in [0.3, 0.4) is 0 Å². The average molecular weight is 357 g/mol. The van der Waals surface area contributed by atoms with Crippen LogP contribution in [0, 0.1) is 5.82 Å². The van der Waals surface area contributed by atoms with Gasteiger partial charge in [0.2, 0.25) is 0 Å². The predicted molar refractivity (Wildman–Crippen MR) is 57.0 cm³/mol. The summed E-state index contributed by atoms with van der Waals surface area (Å²) >= 11 is 0. The van der Waals surface area contributed by atoms with E-state index in [1.807, 2.05) is 0 Å². The fraction of sp³-hybridized carbons (Fsp3) is 0. The smallest absolute Gasteiger partial charge is 0.418 e. The predicted octanol–water partition coefficient (Wildman–Crippen LogP) is 5.73. The molecule has 16 heteroatoms. The van der Waals surface area contributed by atoms with Crippen LogP contribution in [0.1, 0.15) is 0 Å². The Balaban J connectivity index is -0.000000223. The van der Waals surface area contributed by atoms with Crippen molar-refractivity contribution >= 4 is 21.8 Å². The molecule has 0 aliphatic rings. The molecular weight excluding hydrogens is 351 g/mol. The van der Waals surface area contributed by atoms with E-state index in [1.54, 1.807) is 18.2 Å². The van der Waals surface area contributed by atoms with Crippen molar-refractivity contribution in [1.82, 2.24) is 0 Å². The minimum Gasteiger partial charge on any atom is -0.418 e. The maximum absolute atomic E-state index is 11.9. The zero-order valence-electron chi connectivity index (χ0n) is 10.0. The van der Waals surface area contributed by atoms with Gasteiger partial charge in [0.25, 0.3) is 0 Å². The Kier molecular flexibility index (Phi) is 12.9. The molecule has 0 heterocycles. The standard InChI is InChI=1S/C6H5F.3BF4/c7-6-4-2-1-3-5-6;3*2-1(3,4)5/h1-5H;;;/q;3*-1. The third kappa shape index (κ3) is 134. The topological polar surface area (TPSA) is 0 Å². The molecule has 0 fully saturated rings. The molecule has 0 saturated carbocycles. The van der Waals surface area contributed by atoms with Crippen LogP contribution in [0.15, 0.2) is 30.3 Å². The Morgan fingerprint density at radius 3 is 0.727 bits per heavy atom. The van der Waals surface area contributed by atoms with Crippen molar-refractivity contribution in [2.75, 3.05) is 0 Å². The number of benzene rings is 1. The van der Waals surface area contributed by atoms with E-state index in [2.05, 4.69) is 0 Å². The van der Waals surface area contributed by atoms with Crippen LogP contribution in [0.25, 0.3) is 0 Å². The van der Waals surface area contributed by atoms with Crippen LogP contribution in [-0.4, -0.2) is 21.8 Å². The van der Waals surface area contributed by atoms with Gasteiger partial charge < -0.3 is 51.8 Å². The molecule has 0 nitrogen and oxygen atoms in total. The SMILES string of the molecule is F[B-](F)(F)F.F[B-](F)(F)F.F[B-](F)(F)F.Fc1ccccc1. The number of hydrogen-bond acceptors (Lipinski definition) is 0. The van der Waals surface area contributed by atoms with Crippen molar-refractivity contribution in [3.05, 3.63) is 36.1 Å². The van der Waals surface area contributed by atoms with Crippen molar-refractivity contribution in [1.29, 1.82) is 0 Å². The van der Waals surface area contributed by atoms with Crippen molar-refractivity contribution in [3.63, 3.8) is 0 Å². The van der Waals surface area contributed by atoms with Crippen LogP contribution >= 0.6 is 0 Å². The van der Waals surface area contributed by atoms with E-state index in [0.29, 0.717) is 0 Å². The monoisotopic (exact) mass is 357 g/mol. The highest BCUT2D eigenvalue weighted by molar-refractivity contribution is 6.50. The minimum absolute atomic E-state index is 0.178. The third-order valence-electron chi connectivity index (χ3n) is 0.733. The molecule has 0 N–H and O–H groups in total. The molecule has 0 aromatic heterocycles. The van der Waals surface area contributed by atoms with Crippen LogP contribution in [0.2, 0.25) is 0 Å². The van der Waals surface area contributed by atoms with Crippen molar-refractivity contribution in [3.8, 4) is 0 Å². The summed E-state index contributed by atoms with van der Waals surface area (Å²) in [5.41, 5.74) is 0. The second kappa shape index (κ2) is 11.1. The van der Waals surface area contributed by atoms with Crippen LogP contribution in [-0.2, 0) is 0 Å². The van der Waals surface area contributed by atoms with E-state index in [1.165, 1.54) is 12.1 Å². The van der Waals surface area contributed by atoms with Gasteiger partial charge in [0.1, 0.15) is 5.82 Å². The molecular formula is C6H5B3F13-3. The van der Waals surface area contributed by atoms with Crippen molar-refractivity contribution in [2.24, 2.45) is 0 Å². The molecule has 1 rings (SSSR count). The highest BCUT2D eigenvalue weighted by atomic mass is 19.5. The molecule has 22 heavy (non-hydrogen) atoms. The Bertz CT molecular complexity index is 308. The molecule has 0 aliphatic heterocycles. The summed E-state index contributed by atoms with van der Waals surface area (Å²) in [4.78, 5) is 0. The first-order valence-corrected chi connectivity index (χ1v) is 4.72.